The Labute approximate surface area is 227 Å². The quantitative estimate of drug-likeness (QED) is 0.221. The second kappa shape index (κ2) is 9.59. The molecule has 4 aromatic heterocycles. The fourth-order valence-electron chi connectivity index (χ4n) is 4.89. The molecule has 0 unspecified atom stereocenters. The van der Waals surface area contributed by atoms with Gasteiger partial charge in [-0.1, -0.05) is 36.4 Å². The van der Waals surface area contributed by atoms with Crippen LogP contribution in [0.5, 0.6) is 0 Å². The molecule has 0 saturated heterocycles. The van der Waals surface area contributed by atoms with E-state index in [1.54, 1.807) is 42.9 Å². The number of carbonyl (C=O) groups excluding carboxylic acids is 1. The molecule has 3 aromatic carbocycles. The maximum absolute atomic E-state index is 13.5. The number of hydrogen-bond acceptors (Lipinski definition) is 4. The molecule has 0 aliphatic heterocycles. The van der Waals surface area contributed by atoms with E-state index >= 15 is 0 Å². The molecule has 0 bridgehead atoms. The average molecular weight is 525 g/mol. The molecule has 0 saturated carbocycles. The minimum absolute atomic E-state index is 0.195. The van der Waals surface area contributed by atoms with Crippen molar-refractivity contribution in [1.82, 2.24) is 25.1 Å². The van der Waals surface area contributed by atoms with Gasteiger partial charge in [0.05, 0.1) is 23.1 Å². The summed E-state index contributed by atoms with van der Waals surface area (Å²) >= 11 is 0. The van der Waals surface area contributed by atoms with Crippen molar-refractivity contribution in [3.8, 4) is 33.6 Å². The van der Waals surface area contributed by atoms with E-state index in [2.05, 4.69) is 30.5 Å². The van der Waals surface area contributed by atoms with Gasteiger partial charge in [-0.15, -0.1) is 0 Å². The topological polar surface area (TPSA) is 99.3 Å². The summed E-state index contributed by atoms with van der Waals surface area (Å²) in [6, 6.07) is 27.3. The Balaban J connectivity index is 1.25. The zero-order valence-electron chi connectivity index (χ0n) is 21.0. The van der Waals surface area contributed by atoms with Gasteiger partial charge in [0.2, 0.25) is 0 Å². The standard InChI is InChI=1S/C32H21FN6O/c33-23-9-6-19(7-10-23)25-12-13-35-31-26(25)16-29(37-31)30-27-15-21(8-11-28(27)38-39-30)22-14-24(18-34-17-22)36-32(40)20-4-2-1-3-5-20/h1-18H,(H,35,37)(H,36,40)(H,38,39). The van der Waals surface area contributed by atoms with E-state index in [4.69, 9.17) is 0 Å². The fraction of sp³-hybridized carbons (Fsp3) is 0. The Morgan fingerprint density at radius 1 is 0.800 bits per heavy atom. The van der Waals surface area contributed by atoms with Gasteiger partial charge in [-0.3, -0.25) is 14.9 Å². The van der Waals surface area contributed by atoms with Gasteiger partial charge in [-0.2, -0.15) is 5.10 Å². The van der Waals surface area contributed by atoms with Gasteiger partial charge in [-0.25, -0.2) is 9.37 Å². The highest BCUT2D eigenvalue weighted by Gasteiger charge is 2.15. The first kappa shape index (κ1) is 23.5. The van der Waals surface area contributed by atoms with Crippen LogP contribution in [-0.4, -0.2) is 31.1 Å². The van der Waals surface area contributed by atoms with Gasteiger partial charge in [0.1, 0.15) is 17.2 Å². The van der Waals surface area contributed by atoms with E-state index in [0.29, 0.717) is 11.3 Å². The number of hydrogen-bond donors (Lipinski definition) is 3. The van der Waals surface area contributed by atoms with Gasteiger partial charge in [0.25, 0.3) is 5.91 Å². The largest absolute Gasteiger partial charge is 0.338 e. The smallest absolute Gasteiger partial charge is 0.255 e. The number of nitrogens with one attached hydrogen (secondary N) is 3. The number of halogens is 1. The molecular formula is C32H21FN6O. The van der Waals surface area contributed by atoms with Crippen molar-refractivity contribution >= 4 is 33.5 Å². The highest BCUT2D eigenvalue weighted by molar-refractivity contribution is 6.04. The molecule has 40 heavy (non-hydrogen) atoms. The summed E-state index contributed by atoms with van der Waals surface area (Å²) in [6.07, 6.45) is 5.13. The van der Waals surface area contributed by atoms with Gasteiger partial charge in [-0.05, 0) is 71.3 Å². The van der Waals surface area contributed by atoms with Crippen molar-refractivity contribution in [3.63, 3.8) is 0 Å². The predicted octanol–water partition coefficient (Wildman–Crippen LogP) is 7.23. The van der Waals surface area contributed by atoms with Crippen molar-refractivity contribution in [2.45, 2.75) is 0 Å². The highest BCUT2D eigenvalue weighted by atomic mass is 19.1. The monoisotopic (exact) mass is 524 g/mol. The molecule has 0 radical (unpaired) electrons. The minimum Gasteiger partial charge on any atom is -0.338 e. The third-order valence-electron chi connectivity index (χ3n) is 6.87. The van der Waals surface area contributed by atoms with E-state index < -0.39 is 0 Å². The lowest BCUT2D eigenvalue weighted by Gasteiger charge is -2.08. The summed E-state index contributed by atoms with van der Waals surface area (Å²) in [5, 5.41) is 12.5. The summed E-state index contributed by atoms with van der Waals surface area (Å²) in [7, 11) is 0. The summed E-state index contributed by atoms with van der Waals surface area (Å²) < 4.78 is 13.5. The van der Waals surface area contributed by atoms with E-state index in [1.165, 1.54) is 12.1 Å². The lowest BCUT2D eigenvalue weighted by atomic mass is 10.0. The molecule has 0 atom stereocenters. The zero-order valence-corrected chi connectivity index (χ0v) is 21.0. The van der Waals surface area contributed by atoms with Crippen LogP contribution in [0, 0.1) is 5.82 Å². The van der Waals surface area contributed by atoms with Crippen LogP contribution in [0.1, 0.15) is 10.4 Å². The van der Waals surface area contributed by atoms with Crippen molar-refractivity contribution in [2.75, 3.05) is 5.32 Å². The first-order valence-corrected chi connectivity index (χ1v) is 12.7. The molecule has 0 aliphatic carbocycles. The molecule has 4 heterocycles. The summed E-state index contributed by atoms with van der Waals surface area (Å²) in [5.41, 5.74) is 7.98. The summed E-state index contributed by atoms with van der Waals surface area (Å²) in [5.74, 6) is -0.471. The number of carbonyl (C=O) groups is 1. The van der Waals surface area contributed by atoms with Crippen molar-refractivity contribution in [2.24, 2.45) is 0 Å². The number of benzene rings is 3. The Morgan fingerprint density at radius 3 is 2.48 bits per heavy atom. The number of aromatic amines is 2. The second-order valence-corrected chi connectivity index (χ2v) is 9.43. The molecule has 0 fully saturated rings. The van der Waals surface area contributed by atoms with Crippen LogP contribution in [-0.2, 0) is 0 Å². The number of aromatic nitrogens is 5. The summed E-state index contributed by atoms with van der Waals surface area (Å²) in [6.45, 7) is 0. The minimum atomic E-state index is -0.276. The summed E-state index contributed by atoms with van der Waals surface area (Å²) in [4.78, 5) is 24.9. The Hall–Kier alpha value is -5.63. The number of fused-ring (bicyclic) bond motifs is 2. The highest BCUT2D eigenvalue weighted by Crippen LogP contribution is 2.35. The van der Waals surface area contributed by atoms with Crippen LogP contribution in [0.25, 0.3) is 55.6 Å². The molecule has 192 valence electrons. The van der Waals surface area contributed by atoms with Crippen LogP contribution in [0.2, 0.25) is 0 Å². The number of amides is 1. The lowest BCUT2D eigenvalue weighted by molar-refractivity contribution is 0.102. The van der Waals surface area contributed by atoms with Crippen molar-refractivity contribution < 1.29 is 9.18 Å². The number of nitrogens with zero attached hydrogens (tertiary/aromatic N) is 3. The number of pyridine rings is 2. The molecule has 0 spiro atoms. The SMILES string of the molecule is O=C(Nc1cncc(-c2ccc3[nH]nc(-c4cc5c(-c6ccc(F)cc6)ccnc5[nH]4)c3c2)c1)c1ccccc1. The Kier molecular flexibility index (Phi) is 5.63. The van der Waals surface area contributed by atoms with Gasteiger partial charge in [0, 0.05) is 34.3 Å². The van der Waals surface area contributed by atoms with E-state index in [1.807, 2.05) is 54.6 Å². The molecule has 7 aromatic rings. The van der Waals surface area contributed by atoms with E-state index in [0.717, 1.165) is 55.6 Å². The third-order valence-corrected chi connectivity index (χ3v) is 6.87. The lowest BCUT2D eigenvalue weighted by Crippen LogP contribution is -2.11. The van der Waals surface area contributed by atoms with Gasteiger partial charge in [0.15, 0.2) is 0 Å². The van der Waals surface area contributed by atoms with Crippen molar-refractivity contribution in [3.05, 3.63) is 121 Å². The van der Waals surface area contributed by atoms with Crippen LogP contribution >= 0.6 is 0 Å². The van der Waals surface area contributed by atoms with Crippen LogP contribution in [0.4, 0.5) is 10.1 Å². The molecule has 1 amide bonds. The first-order chi connectivity index (χ1) is 19.6. The molecule has 3 N–H and O–H groups in total. The Morgan fingerprint density at radius 2 is 1.62 bits per heavy atom. The van der Waals surface area contributed by atoms with Gasteiger partial charge >= 0.3 is 0 Å². The Bertz CT molecular complexity index is 2010. The number of anilines is 1. The third kappa shape index (κ3) is 4.27. The maximum Gasteiger partial charge on any atom is 0.255 e. The predicted molar refractivity (Wildman–Crippen MR) is 154 cm³/mol. The normalized spacial score (nSPS) is 11.2. The molecular weight excluding hydrogens is 503 g/mol. The molecule has 7 nitrogen and oxygen atoms in total. The van der Waals surface area contributed by atoms with Crippen LogP contribution < -0.4 is 5.32 Å². The van der Waals surface area contributed by atoms with Crippen molar-refractivity contribution in [1.29, 1.82) is 0 Å². The van der Waals surface area contributed by atoms with E-state index in [-0.39, 0.29) is 11.7 Å². The molecule has 7 rings (SSSR count). The number of H-pyrrole nitrogens is 2. The second-order valence-electron chi connectivity index (χ2n) is 9.43. The zero-order chi connectivity index (χ0) is 27.1. The average Bonchev–Trinajstić information content (AvgIpc) is 3.62. The van der Waals surface area contributed by atoms with E-state index in [9.17, 15) is 9.18 Å². The molecule has 0 aliphatic rings. The maximum atomic E-state index is 13.5. The van der Waals surface area contributed by atoms with Crippen LogP contribution in [0.15, 0.2) is 110 Å². The molecule has 8 heteroatoms. The fourth-order valence-corrected chi connectivity index (χ4v) is 4.89. The van der Waals surface area contributed by atoms with Gasteiger partial charge < -0.3 is 10.3 Å². The van der Waals surface area contributed by atoms with Crippen LogP contribution in [0.3, 0.4) is 0 Å². The first-order valence-electron chi connectivity index (χ1n) is 12.7. The number of rotatable bonds is 5.